The molecule has 3 rings (SSSR count). The molecule has 0 aliphatic heterocycles. The number of hydrogen-bond donors (Lipinski definition) is 0. The van der Waals surface area contributed by atoms with Crippen molar-refractivity contribution in [1.29, 1.82) is 0 Å². The molecule has 0 unspecified atom stereocenters. The van der Waals surface area contributed by atoms with Gasteiger partial charge in [0.2, 0.25) is 0 Å². The standard InChI is InChI=1S/C16H25N3OS/c1-18(2)10-11-19-14-9-5-8-13(14)15(17-16(19)20)21-12-6-3-4-7-12/h12H,3-11H2,1-2H3. The lowest BCUT2D eigenvalue weighted by Crippen LogP contribution is -2.31. The molecule has 1 aromatic heterocycles. The van der Waals surface area contributed by atoms with Crippen molar-refractivity contribution in [3.05, 3.63) is 21.7 Å². The van der Waals surface area contributed by atoms with Crippen LogP contribution >= 0.6 is 11.8 Å². The van der Waals surface area contributed by atoms with Crippen LogP contribution in [-0.2, 0) is 19.4 Å². The monoisotopic (exact) mass is 307 g/mol. The molecule has 5 heteroatoms. The number of rotatable bonds is 5. The Morgan fingerprint density at radius 1 is 1.24 bits per heavy atom. The molecule has 0 aromatic carbocycles. The summed E-state index contributed by atoms with van der Waals surface area (Å²) in [5.74, 6) is 0. The summed E-state index contributed by atoms with van der Waals surface area (Å²) < 4.78 is 1.92. The second-order valence-electron chi connectivity index (χ2n) is 6.46. The first-order valence-corrected chi connectivity index (χ1v) is 8.97. The highest BCUT2D eigenvalue weighted by Gasteiger charge is 2.25. The van der Waals surface area contributed by atoms with Gasteiger partial charge in [0.05, 0.1) is 0 Å². The van der Waals surface area contributed by atoms with Gasteiger partial charge in [0.1, 0.15) is 5.03 Å². The highest BCUT2D eigenvalue weighted by Crippen LogP contribution is 2.37. The maximum absolute atomic E-state index is 12.4. The Balaban J connectivity index is 1.87. The number of likely N-dealkylation sites (N-methyl/N-ethyl adjacent to an activating group) is 1. The van der Waals surface area contributed by atoms with E-state index in [-0.39, 0.29) is 5.69 Å². The van der Waals surface area contributed by atoms with Crippen LogP contribution in [0.5, 0.6) is 0 Å². The zero-order valence-corrected chi connectivity index (χ0v) is 13.9. The average molecular weight is 307 g/mol. The summed E-state index contributed by atoms with van der Waals surface area (Å²) in [6.45, 7) is 1.65. The van der Waals surface area contributed by atoms with Crippen molar-refractivity contribution in [2.24, 2.45) is 0 Å². The Morgan fingerprint density at radius 2 is 2.00 bits per heavy atom. The lowest BCUT2D eigenvalue weighted by molar-refractivity contribution is 0.375. The second kappa shape index (κ2) is 6.53. The Kier molecular flexibility index (Phi) is 4.69. The third-order valence-electron chi connectivity index (χ3n) is 4.55. The van der Waals surface area contributed by atoms with Gasteiger partial charge in [0.15, 0.2) is 0 Å². The summed E-state index contributed by atoms with van der Waals surface area (Å²) in [7, 11) is 4.09. The molecule has 21 heavy (non-hydrogen) atoms. The molecule has 0 saturated heterocycles. The van der Waals surface area contributed by atoms with Crippen LogP contribution in [0, 0.1) is 0 Å². The van der Waals surface area contributed by atoms with Gasteiger partial charge in [-0.05, 0) is 46.2 Å². The predicted molar refractivity (Wildman–Crippen MR) is 87.2 cm³/mol. The van der Waals surface area contributed by atoms with Crippen molar-refractivity contribution in [3.8, 4) is 0 Å². The number of aromatic nitrogens is 2. The number of hydrogen-bond acceptors (Lipinski definition) is 4. The molecule has 1 aromatic rings. The van der Waals surface area contributed by atoms with Crippen LogP contribution in [0.15, 0.2) is 9.82 Å². The van der Waals surface area contributed by atoms with Gasteiger partial charge in [-0.25, -0.2) is 4.79 Å². The quantitative estimate of drug-likeness (QED) is 0.783. The van der Waals surface area contributed by atoms with Gasteiger partial charge in [0.25, 0.3) is 0 Å². The number of fused-ring (bicyclic) bond motifs is 1. The smallest absolute Gasteiger partial charge is 0.308 e. The first kappa shape index (κ1) is 15.1. The van der Waals surface area contributed by atoms with Crippen LogP contribution in [0.1, 0.15) is 43.4 Å². The van der Waals surface area contributed by atoms with E-state index in [1.54, 1.807) is 0 Å². The Morgan fingerprint density at radius 3 is 2.71 bits per heavy atom. The zero-order valence-electron chi connectivity index (χ0n) is 13.1. The van der Waals surface area contributed by atoms with E-state index >= 15 is 0 Å². The summed E-state index contributed by atoms with van der Waals surface area (Å²) in [6, 6.07) is 0. The van der Waals surface area contributed by atoms with Crippen LogP contribution in [0.25, 0.3) is 0 Å². The van der Waals surface area contributed by atoms with E-state index in [0.29, 0.717) is 5.25 Å². The molecule has 0 N–H and O–H groups in total. The SMILES string of the molecule is CN(C)CCn1c2c(c(SC3CCCC3)nc1=O)CCC2. The van der Waals surface area contributed by atoms with E-state index < -0.39 is 0 Å². The third-order valence-corrected chi connectivity index (χ3v) is 5.92. The lowest BCUT2D eigenvalue weighted by atomic mass is 10.2. The largest absolute Gasteiger partial charge is 0.348 e. The minimum atomic E-state index is -0.0435. The van der Waals surface area contributed by atoms with Gasteiger partial charge in [0, 0.05) is 29.6 Å². The summed E-state index contributed by atoms with van der Waals surface area (Å²) in [5, 5.41) is 1.72. The van der Waals surface area contributed by atoms with Crippen molar-refractivity contribution in [1.82, 2.24) is 14.5 Å². The Labute approximate surface area is 130 Å². The van der Waals surface area contributed by atoms with Gasteiger partial charge in [-0.2, -0.15) is 4.98 Å². The topological polar surface area (TPSA) is 38.1 Å². The molecule has 0 radical (unpaired) electrons. The molecule has 2 aliphatic carbocycles. The van der Waals surface area contributed by atoms with Crippen molar-refractivity contribution in [3.63, 3.8) is 0 Å². The van der Waals surface area contributed by atoms with Gasteiger partial charge in [-0.1, -0.05) is 12.8 Å². The molecular weight excluding hydrogens is 282 g/mol. The van der Waals surface area contributed by atoms with Gasteiger partial charge in [-0.3, -0.25) is 4.57 Å². The van der Waals surface area contributed by atoms with Crippen molar-refractivity contribution < 1.29 is 0 Å². The zero-order chi connectivity index (χ0) is 14.8. The van der Waals surface area contributed by atoms with E-state index in [1.807, 2.05) is 30.4 Å². The number of nitrogens with zero attached hydrogens (tertiary/aromatic N) is 3. The predicted octanol–water partition coefficient (Wildman–Crippen LogP) is 2.33. The number of thioether (sulfide) groups is 1. The normalized spacial score (nSPS) is 18.6. The van der Waals surface area contributed by atoms with E-state index in [2.05, 4.69) is 9.88 Å². The second-order valence-corrected chi connectivity index (χ2v) is 7.75. The maximum Gasteiger partial charge on any atom is 0.348 e. The molecule has 4 nitrogen and oxygen atoms in total. The van der Waals surface area contributed by atoms with Crippen LogP contribution < -0.4 is 5.69 Å². The fraction of sp³-hybridized carbons (Fsp3) is 0.750. The Hall–Kier alpha value is -0.810. The molecule has 0 bridgehead atoms. The summed E-state index contributed by atoms with van der Waals surface area (Å²) in [5.41, 5.74) is 2.58. The molecule has 0 spiro atoms. The first-order chi connectivity index (χ1) is 10.1. The van der Waals surface area contributed by atoms with Crippen LogP contribution in [0.3, 0.4) is 0 Å². The van der Waals surface area contributed by atoms with Gasteiger partial charge in [-0.15, -0.1) is 11.8 Å². The Bertz CT molecular complexity index is 561. The fourth-order valence-electron chi connectivity index (χ4n) is 3.38. The van der Waals surface area contributed by atoms with Crippen LogP contribution in [-0.4, -0.2) is 40.3 Å². The lowest BCUT2D eigenvalue weighted by Gasteiger charge is -2.17. The summed E-state index contributed by atoms with van der Waals surface area (Å²) in [6.07, 6.45) is 8.54. The van der Waals surface area contributed by atoms with Crippen LogP contribution in [0.4, 0.5) is 0 Å². The van der Waals surface area contributed by atoms with Gasteiger partial charge < -0.3 is 4.90 Å². The van der Waals surface area contributed by atoms with Gasteiger partial charge >= 0.3 is 5.69 Å². The molecule has 1 fully saturated rings. The molecule has 1 saturated carbocycles. The summed E-state index contributed by atoms with van der Waals surface area (Å²) in [4.78, 5) is 19.0. The average Bonchev–Trinajstić information content (AvgIpc) is 3.08. The first-order valence-electron chi connectivity index (χ1n) is 8.09. The molecule has 1 heterocycles. The molecule has 2 aliphatic rings. The maximum atomic E-state index is 12.4. The molecular formula is C16H25N3OS. The molecule has 0 amide bonds. The van der Waals surface area contributed by atoms with Crippen molar-refractivity contribution in [2.75, 3.05) is 20.6 Å². The van der Waals surface area contributed by atoms with E-state index in [4.69, 9.17) is 0 Å². The summed E-state index contributed by atoms with van der Waals surface area (Å²) >= 11 is 1.87. The third kappa shape index (κ3) is 3.34. The minimum Gasteiger partial charge on any atom is -0.308 e. The van der Waals surface area contributed by atoms with Crippen molar-refractivity contribution in [2.45, 2.75) is 61.8 Å². The molecule has 0 atom stereocenters. The van der Waals surface area contributed by atoms with E-state index in [9.17, 15) is 4.79 Å². The van der Waals surface area contributed by atoms with Crippen molar-refractivity contribution >= 4 is 11.8 Å². The highest BCUT2D eigenvalue weighted by molar-refractivity contribution is 7.99. The highest BCUT2D eigenvalue weighted by atomic mass is 32.2. The van der Waals surface area contributed by atoms with Crippen LogP contribution in [0.2, 0.25) is 0 Å². The minimum absolute atomic E-state index is 0.0435. The fourth-order valence-corrected chi connectivity index (χ4v) is 4.76. The van der Waals surface area contributed by atoms with E-state index in [0.717, 1.165) is 31.0 Å². The molecule has 116 valence electrons. The van der Waals surface area contributed by atoms with E-state index in [1.165, 1.54) is 43.4 Å².